The zero-order valence-electron chi connectivity index (χ0n) is 12.0. The lowest BCUT2D eigenvalue weighted by molar-refractivity contribution is 0.220. The SMILES string of the molecule is Cc1ccc([C@@H](O)c2ccc(-c3ccccc3)cc2)cc1. The molecule has 3 aromatic carbocycles. The molecular weight excluding hydrogens is 256 g/mol. The van der Waals surface area contributed by atoms with Gasteiger partial charge in [0.15, 0.2) is 0 Å². The van der Waals surface area contributed by atoms with E-state index in [2.05, 4.69) is 24.3 Å². The summed E-state index contributed by atoms with van der Waals surface area (Å²) in [5.41, 5.74) is 5.39. The monoisotopic (exact) mass is 274 g/mol. The van der Waals surface area contributed by atoms with Crippen LogP contribution in [0.4, 0.5) is 0 Å². The van der Waals surface area contributed by atoms with Gasteiger partial charge in [0.2, 0.25) is 0 Å². The summed E-state index contributed by atoms with van der Waals surface area (Å²) in [4.78, 5) is 0. The molecule has 1 atom stereocenters. The van der Waals surface area contributed by atoms with Gasteiger partial charge in [-0.05, 0) is 29.2 Å². The Balaban J connectivity index is 1.85. The van der Waals surface area contributed by atoms with Gasteiger partial charge in [-0.1, -0.05) is 84.4 Å². The van der Waals surface area contributed by atoms with Gasteiger partial charge in [-0.25, -0.2) is 0 Å². The van der Waals surface area contributed by atoms with Crippen molar-refractivity contribution in [2.24, 2.45) is 0 Å². The highest BCUT2D eigenvalue weighted by Gasteiger charge is 2.10. The fraction of sp³-hybridized carbons (Fsp3) is 0.100. The zero-order chi connectivity index (χ0) is 14.7. The highest BCUT2D eigenvalue weighted by atomic mass is 16.3. The van der Waals surface area contributed by atoms with Gasteiger partial charge in [0.05, 0.1) is 0 Å². The van der Waals surface area contributed by atoms with Crippen LogP contribution in [0.25, 0.3) is 11.1 Å². The van der Waals surface area contributed by atoms with Crippen molar-refractivity contribution in [1.29, 1.82) is 0 Å². The number of benzene rings is 3. The molecule has 0 radical (unpaired) electrons. The van der Waals surface area contributed by atoms with Crippen LogP contribution in [0.3, 0.4) is 0 Å². The fourth-order valence-corrected chi connectivity index (χ4v) is 2.43. The molecule has 0 heterocycles. The van der Waals surface area contributed by atoms with E-state index in [0.29, 0.717) is 0 Å². The van der Waals surface area contributed by atoms with E-state index in [9.17, 15) is 5.11 Å². The molecule has 1 N–H and O–H groups in total. The first-order valence-electron chi connectivity index (χ1n) is 7.14. The summed E-state index contributed by atoms with van der Waals surface area (Å²) in [6.45, 7) is 2.05. The van der Waals surface area contributed by atoms with E-state index in [4.69, 9.17) is 0 Å². The number of aliphatic hydroxyl groups is 1. The van der Waals surface area contributed by atoms with Gasteiger partial charge in [0.25, 0.3) is 0 Å². The molecule has 0 aliphatic rings. The fourth-order valence-electron chi connectivity index (χ4n) is 2.43. The van der Waals surface area contributed by atoms with Crippen LogP contribution in [0.15, 0.2) is 78.9 Å². The van der Waals surface area contributed by atoms with Crippen LogP contribution in [0.1, 0.15) is 22.8 Å². The molecule has 1 nitrogen and oxygen atoms in total. The Kier molecular flexibility index (Phi) is 3.85. The Morgan fingerprint density at radius 1 is 0.619 bits per heavy atom. The molecule has 0 aliphatic carbocycles. The third-order valence-corrected chi connectivity index (χ3v) is 3.73. The number of hydrogen-bond acceptors (Lipinski definition) is 1. The van der Waals surface area contributed by atoms with Crippen molar-refractivity contribution < 1.29 is 5.11 Å². The Bertz CT molecular complexity index is 697. The molecule has 3 aromatic rings. The molecule has 0 unspecified atom stereocenters. The van der Waals surface area contributed by atoms with E-state index in [1.165, 1.54) is 11.1 Å². The van der Waals surface area contributed by atoms with Crippen LogP contribution in [-0.2, 0) is 0 Å². The second kappa shape index (κ2) is 5.94. The lowest BCUT2D eigenvalue weighted by Gasteiger charge is -2.12. The Morgan fingerprint density at radius 2 is 1.10 bits per heavy atom. The predicted molar refractivity (Wildman–Crippen MR) is 87.1 cm³/mol. The number of rotatable bonds is 3. The Labute approximate surface area is 125 Å². The van der Waals surface area contributed by atoms with Crippen molar-refractivity contribution in [3.05, 3.63) is 95.6 Å². The molecule has 0 amide bonds. The quantitative estimate of drug-likeness (QED) is 0.731. The van der Waals surface area contributed by atoms with Crippen LogP contribution in [0, 0.1) is 6.92 Å². The van der Waals surface area contributed by atoms with Crippen molar-refractivity contribution in [3.8, 4) is 11.1 Å². The minimum atomic E-state index is -0.574. The molecule has 0 bridgehead atoms. The Hall–Kier alpha value is -2.38. The molecule has 0 saturated carbocycles. The predicted octanol–water partition coefficient (Wildman–Crippen LogP) is 4.74. The van der Waals surface area contributed by atoms with Crippen molar-refractivity contribution in [3.63, 3.8) is 0 Å². The van der Waals surface area contributed by atoms with Crippen molar-refractivity contribution in [2.75, 3.05) is 0 Å². The molecule has 104 valence electrons. The maximum absolute atomic E-state index is 10.4. The van der Waals surface area contributed by atoms with E-state index in [1.54, 1.807) is 0 Å². The summed E-state index contributed by atoms with van der Waals surface area (Å²) >= 11 is 0. The van der Waals surface area contributed by atoms with Crippen LogP contribution in [0.5, 0.6) is 0 Å². The normalized spacial score (nSPS) is 12.1. The zero-order valence-corrected chi connectivity index (χ0v) is 12.0. The van der Waals surface area contributed by atoms with Gasteiger partial charge in [0, 0.05) is 0 Å². The summed E-state index contributed by atoms with van der Waals surface area (Å²) < 4.78 is 0. The van der Waals surface area contributed by atoms with Gasteiger partial charge in [-0.15, -0.1) is 0 Å². The molecule has 21 heavy (non-hydrogen) atoms. The minimum Gasteiger partial charge on any atom is -0.384 e. The van der Waals surface area contributed by atoms with Gasteiger partial charge >= 0.3 is 0 Å². The van der Waals surface area contributed by atoms with E-state index in [0.717, 1.165) is 16.7 Å². The van der Waals surface area contributed by atoms with Crippen LogP contribution in [-0.4, -0.2) is 5.11 Å². The van der Waals surface area contributed by atoms with Crippen LogP contribution < -0.4 is 0 Å². The topological polar surface area (TPSA) is 20.2 Å². The van der Waals surface area contributed by atoms with Crippen LogP contribution in [0.2, 0.25) is 0 Å². The first kappa shape index (κ1) is 13.6. The summed E-state index contributed by atoms with van der Waals surface area (Å²) in [6.07, 6.45) is -0.574. The van der Waals surface area contributed by atoms with Gasteiger partial charge in [-0.2, -0.15) is 0 Å². The van der Waals surface area contributed by atoms with Gasteiger partial charge in [0.1, 0.15) is 6.10 Å². The number of aliphatic hydroxyl groups excluding tert-OH is 1. The summed E-state index contributed by atoms with van der Waals surface area (Å²) in [6, 6.07) is 26.4. The summed E-state index contributed by atoms with van der Waals surface area (Å²) in [5, 5.41) is 10.4. The second-order valence-corrected chi connectivity index (χ2v) is 5.30. The van der Waals surface area contributed by atoms with Crippen LogP contribution >= 0.6 is 0 Å². The van der Waals surface area contributed by atoms with Crippen molar-refractivity contribution in [1.82, 2.24) is 0 Å². The highest BCUT2D eigenvalue weighted by molar-refractivity contribution is 5.63. The van der Waals surface area contributed by atoms with E-state index in [-0.39, 0.29) is 0 Å². The molecule has 0 fully saturated rings. The van der Waals surface area contributed by atoms with Crippen molar-refractivity contribution >= 4 is 0 Å². The average molecular weight is 274 g/mol. The summed E-state index contributed by atoms with van der Waals surface area (Å²) in [7, 11) is 0. The maximum Gasteiger partial charge on any atom is 0.104 e. The molecule has 0 aliphatic heterocycles. The minimum absolute atomic E-state index is 0.574. The molecule has 0 aromatic heterocycles. The van der Waals surface area contributed by atoms with E-state index in [1.807, 2.05) is 61.5 Å². The first-order valence-corrected chi connectivity index (χ1v) is 7.14. The van der Waals surface area contributed by atoms with Gasteiger partial charge < -0.3 is 5.11 Å². The molecule has 3 rings (SSSR count). The second-order valence-electron chi connectivity index (χ2n) is 5.30. The largest absolute Gasteiger partial charge is 0.384 e. The van der Waals surface area contributed by atoms with Crippen molar-refractivity contribution in [2.45, 2.75) is 13.0 Å². The lowest BCUT2D eigenvalue weighted by Crippen LogP contribution is -1.99. The molecule has 0 saturated heterocycles. The third kappa shape index (κ3) is 3.04. The molecular formula is C20H18O. The highest BCUT2D eigenvalue weighted by Crippen LogP contribution is 2.25. The van der Waals surface area contributed by atoms with Gasteiger partial charge in [-0.3, -0.25) is 0 Å². The van der Waals surface area contributed by atoms with E-state index < -0.39 is 6.10 Å². The van der Waals surface area contributed by atoms with E-state index >= 15 is 0 Å². The molecule has 0 spiro atoms. The standard InChI is InChI=1S/C20H18O/c1-15-7-9-18(10-8-15)20(21)19-13-11-17(12-14-19)16-5-3-2-4-6-16/h2-14,20-21H,1H3/t20-/m1/s1. The maximum atomic E-state index is 10.4. The smallest absolute Gasteiger partial charge is 0.104 e. The lowest BCUT2D eigenvalue weighted by atomic mass is 9.98. The molecule has 1 heteroatoms. The Morgan fingerprint density at radius 3 is 1.67 bits per heavy atom. The number of aryl methyl sites for hydroxylation is 1. The summed E-state index contributed by atoms with van der Waals surface area (Å²) in [5.74, 6) is 0. The third-order valence-electron chi connectivity index (χ3n) is 3.73. The average Bonchev–Trinajstić information content (AvgIpc) is 2.56. The number of hydrogen-bond donors (Lipinski definition) is 1. The first-order chi connectivity index (χ1) is 10.2.